The van der Waals surface area contributed by atoms with Crippen LogP contribution in [0.3, 0.4) is 0 Å². The van der Waals surface area contributed by atoms with E-state index in [1.165, 1.54) is 89.9 Å². The Bertz CT molecular complexity index is 738. The van der Waals surface area contributed by atoms with Crippen molar-refractivity contribution in [1.29, 1.82) is 0 Å². The zero-order valence-electron chi connectivity index (χ0n) is 25.2. The van der Waals surface area contributed by atoms with Gasteiger partial charge in [0.25, 0.3) is 0 Å². The SMILES string of the molecule is CCCCCCCCC(c1ccccc1)C(C)(C)[Se]C(C)(C)C(CCCCCCCC)c1ccccc1. The first-order valence-electron chi connectivity index (χ1n) is 15.6. The molecule has 0 nitrogen and oxygen atoms in total. The molecule has 208 valence electrons. The van der Waals surface area contributed by atoms with E-state index in [-0.39, 0.29) is 0 Å². The molecule has 2 unspecified atom stereocenters. The molecule has 0 bridgehead atoms. The molecule has 0 radical (unpaired) electrons. The zero-order valence-corrected chi connectivity index (χ0v) is 26.9. The maximum absolute atomic E-state index is 2.59. The quantitative estimate of drug-likeness (QED) is 0.110. The summed E-state index contributed by atoms with van der Waals surface area (Å²) < 4.78 is 0.630. The second kappa shape index (κ2) is 17.5. The molecule has 2 rings (SSSR count). The van der Waals surface area contributed by atoms with Crippen LogP contribution in [-0.4, -0.2) is 15.0 Å². The van der Waals surface area contributed by atoms with Crippen LogP contribution in [0, 0.1) is 0 Å². The maximum atomic E-state index is 2.59. The molecule has 1 heteroatoms. The predicted molar refractivity (Wildman–Crippen MR) is 168 cm³/mol. The van der Waals surface area contributed by atoms with Crippen LogP contribution < -0.4 is 0 Å². The summed E-state index contributed by atoms with van der Waals surface area (Å²) in [7, 11) is 0. The second-order valence-corrected chi connectivity index (χ2v) is 17.2. The van der Waals surface area contributed by atoms with Crippen molar-refractivity contribution < 1.29 is 0 Å². The summed E-state index contributed by atoms with van der Waals surface area (Å²) in [4.78, 5) is 0. The first kappa shape index (κ1) is 32.2. The standard InChI is InChI=1S/C36H58Se/c1-7-9-11-13-15-23-29-33(31-25-19-17-20-26-31)35(3,4)37-36(5,6)34(32-27-21-18-22-28-32)30-24-16-14-12-10-8-2/h17-22,25-28,33-34H,7-16,23-24,29-30H2,1-6H3. The minimum absolute atomic E-state index is 0.315. The van der Waals surface area contributed by atoms with Gasteiger partial charge in [-0.1, -0.05) is 0 Å². The van der Waals surface area contributed by atoms with E-state index in [0.29, 0.717) is 35.4 Å². The van der Waals surface area contributed by atoms with Gasteiger partial charge in [0.2, 0.25) is 0 Å². The Morgan fingerprint density at radius 1 is 0.486 bits per heavy atom. The van der Waals surface area contributed by atoms with Crippen LogP contribution in [0.5, 0.6) is 0 Å². The molecule has 0 aliphatic heterocycles. The van der Waals surface area contributed by atoms with Crippen LogP contribution in [0.25, 0.3) is 0 Å². The van der Waals surface area contributed by atoms with E-state index in [1.807, 2.05) is 0 Å². The van der Waals surface area contributed by atoms with E-state index in [1.54, 1.807) is 11.1 Å². The third kappa shape index (κ3) is 11.7. The van der Waals surface area contributed by atoms with Gasteiger partial charge < -0.3 is 0 Å². The number of hydrogen-bond acceptors (Lipinski definition) is 0. The van der Waals surface area contributed by atoms with E-state index in [9.17, 15) is 0 Å². The van der Waals surface area contributed by atoms with Gasteiger partial charge in [-0.05, 0) is 0 Å². The molecule has 2 aromatic carbocycles. The number of rotatable bonds is 20. The summed E-state index contributed by atoms with van der Waals surface area (Å²) in [5.74, 6) is 1.29. The fraction of sp³-hybridized carbons (Fsp3) is 0.667. The van der Waals surface area contributed by atoms with Crippen molar-refractivity contribution >= 4 is 15.0 Å². The molecule has 0 heterocycles. The van der Waals surface area contributed by atoms with Crippen molar-refractivity contribution in [2.45, 2.75) is 152 Å². The molecule has 0 aliphatic rings. The topological polar surface area (TPSA) is 0 Å². The Balaban J connectivity index is 2.16. The molecular weight excluding hydrogens is 511 g/mol. The van der Waals surface area contributed by atoms with Crippen molar-refractivity contribution in [2.75, 3.05) is 0 Å². The zero-order chi connectivity index (χ0) is 27.0. The number of benzene rings is 2. The molecule has 2 atom stereocenters. The molecule has 2 aromatic rings. The van der Waals surface area contributed by atoms with Crippen molar-refractivity contribution in [3.8, 4) is 0 Å². The van der Waals surface area contributed by atoms with Gasteiger partial charge in [0.15, 0.2) is 0 Å². The average Bonchev–Trinajstić information content (AvgIpc) is 2.88. The summed E-state index contributed by atoms with van der Waals surface area (Å²) in [6.07, 6.45) is 19.2. The van der Waals surface area contributed by atoms with Gasteiger partial charge in [0.05, 0.1) is 0 Å². The Morgan fingerprint density at radius 2 is 0.811 bits per heavy atom. The molecule has 0 spiro atoms. The first-order valence-corrected chi connectivity index (χ1v) is 17.3. The summed E-state index contributed by atoms with van der Waals surface area (Å²) >= 11 is 0.505. The van der Waals surface area contributed by atoms with Gasteiger partial charge in [0.1, 0.15) is 0 Å². The molecule has 0 saturated carbocycles. The molecular formula is C36H58Se. The fourth-order valence-electron chi connectivity index (χ4n) is 6.28. The second-order valence-electron chi connectivity index (χ2n) is 12.3. The molecule has 0 amide bonds. The van der Waals surface area contributed by atoms with Crippen molar-refractivity contribution in [2.24, 2.45) is 0 Å². The molecule has 0 aliphatic carbocycles. The fourth-order valence-corrected chi connectivity index (χ4v) is 10.8. The Hall–Kier alpha value is -1.04. The van der Waals surface area contributed by atoms with Crippen LogP contribution in [0.15, 0.2) is 60.7 Å². The van der Waals surface area contributed by atoms with Gasteiger partial charge in [-0.25, -0.2) is 0 Å². The van der Waals surface area contributed by atoms with E-state index in [2.05, 4.69) is 102 Å². The third-order valence-electron chi connectivity index (χ3n) is 8.30. The molecule has 0 N–H and O–H groups in total. The minimum atomic E-state index is 0.315. The number of hydrogen-bond donors (Lipinski definition) is 0. The van der Waals surface area contributed by atoms with Crippen LogP contribution in [-0.2, 0) is 0 Å². The normalized spacial score (nSPS) is 14.0. The van der Waals surface area contributed by atoms with E-state index in [0.717, 1.165) is 0 Å². The van der Waals surface area contributed by atoms with Gasteiger partial charge in [-0.3, -0.25) is 0 Å². The van der Waals surface area contributed by atoms with Gasteiger partial charge >= 0.3 is 239 Å². The van der Waals surface area contributed by atoms with Gasteiger partial charge in [-0.15, -0.1) is 0 Å². The van der Waals surface area contributed by atoms with E-state index < -0.39 is 0 Å². The van der Waals surface area contributed by atoms with Gasteiger partial charge in [0, 0.05) is 0 Å². The molecule has 0 aromatic heterocycles. The summed E-state index contributed by atoms with van der Waals surface area (Å²) in [6.45, 7) is 15.0. The predicted octanol–water partition coefficient (Wildman–Crippen LogP) is 12.2. The van der Waals surface area contributed by atoms with E-state index in [4.69, 9.17) is 0 Å². The Kier molecular flexibility index (Phi) is 15.2. The molecule has 37 heavy (non-hydrogen) atoms. The van der Waals surface area contributed by atoms with Gasteiger partial charge in [-0.2, -0.15) is 0 Å². The Morgan fingerprint density at radius 3 is 1.16 bits per heavy atom. The molecule has 0 fully saturated rings. The van der Waals surface area contributed by atoms with Crippen LogP contribution in [0.4, 0.5) is 0 Å². The monoisotopic (exact) mass is 570 g/mol. The van der Waals surface area contributed by atoms with Crippen LogP contribution in [0.1, 0.15) is 154 Å². The van der Waals surface area contributed by atoms with Crippen molar-refractivity contribution in [1.82, 2.24) is 0 Å². The third-order valence-corrected chi connectivity index (χ3v) is 11.7. The average molecular weight is 570 g/mol. The van der Waals surface area contributed by atoms with Crippen LogP contribution in [0.2, 0.25) is 8.63 Å². The Labute approximate surface area is 238 Å². The summed E-state index contributed by atoms with van der Waals surface area (Å²) in [5.41, 5.74) is 3.12. The summed E-state index contributed by atoms with van der Waals surface area (Å²) in [5, 5.41) is 0. The van der Waals surface area contributed by atoms with Crippen molar-refractivity contribution in [3.05, 3.63) is 71.8 Å². The van der Waals surface area contributed by atoms with Crippen LogP contribution >= 0.6 is 0 Å². The van der Waals surface area contributed by atoms with E-state index >= 15 is 0 Å². The molecule has 0 saturated heterocycles. The number of unbranched alkanes of at least 4 members (excludes halogenated alkanes) is 10. The first-order chi connectivity index (χ1) is 17.8. The summed E-state index contributed by atoms with van der Waals surface area (Å²) in [6, 6.07) is 23.0. The van der Waals surface area contributed by atoms with Crippen molar-refractivity contribution in [3.63, 3.8) is 0 Å².